The molecule has 0 heterocycles. The van der Waals surface area contributed by atoms with Gasteiger partial charge in [0.05, 0.1) is 0 Å². The van der Waals surface area contributed by atoms with E-state index in [0.29, 0.717) is 0 Å². The second-order valence-corrected chi connectivity index (χ2v) is 1.34. The first-order chi connectivity index (χ1) is 2.64. The van der Waals surface area contributed by atoms with Crippen LogP contribution in [0, 0.1) is 0 Å². The van der Waals surface area contributed by atoms with Crippen molar-refractivity contribution in [3.05, 3.63) is 0 Å². The molecule has 0 bridgehead atoms. The van der Waals surface area contributed by atoms with Gasteiger partial charge in [0.15, 0.2) is 0 Å². The first-order valence-electron chi connectivity index (χ1n) is 1.13. The van der Waals surface area contributed by atoms with Crippen molar-refractivity contribution in [2.45, 2.75) is 0 Å². The predicted molar refractivity (Wildman–Crippen MR) is 12.6 cm³/mol. The average molecular weight is 121 g/mol. The maximum atomic E-state index is 9.54. The summed E-state index contributed by atoms with van der Waals surface area (Å²) in [6.07, 6.45) is 0. The molecule has 0 fully saturated rings. The van der Waals surface area contributed by atoms with E-state index in [-0.39, 0.29) is 0 Å². The molecule has 0 aliphatic carbocycles. The number of aliphatic carboxylic acids is 1. The van der Waals surface area contributed by atoms with E-state index in [1.165, 1.54) is 0 Å². The Morgan fingerprint density at radius 1 is 1.50 bits per heavy atom. The topological polar surface area (TPSA) is 54.4 Å². The Kier molecular flexibility index (Phi) is 2.05. The van der Waals surface area contributed by atoms with Crippen molar-refractivity contribution in [1.82, 2.24) is 0 Å². The van der Waals surface area contributed by atoms with Crippen LogP contribution >= 0.6 is 0 Å². The molecule has 0 radical (unpaired) electrons. The zero-order valence-electron chi connectivity index (χ0n) is 2.76. The molecule has 31 valence electrons. The molecule has 0 saturated heterocycles. The van der Waals surface area contributed by atoms with Gasteiger partial charge < -0.3 is 0 Å². The van der Waals surface area contributed by atoms with Crippen LogP contribution in [0.1, 0.15) is 0 Å². The summed E-state index contributed by atoms with van der Waals surface area (Å²) in [5.74, 6) is -1.38. The Morgan fingerprint density at radius 2 is 1.67 bits per heavy atom. The third-order valence-electron chi connectivity index (χ3n) is 0.194. The van der Waals surface area contributed by atoms with Crippen molar-refractivity contribution in [1.29, 1.82) is 0 Å². The summed E-state index contributed by atoms with van der Waals surface area (Å²) in [5.41, 5.74) is 0. The predicted octanol–water partition coefficient (Wildman–Crippen LogP) is -0.856. The van der Waals surface area contributed by atoms with Gasteiger partial charge >= 0.3 is 45.2 Å². The number of hydrogen-bond donors (Lipinski definition) is 1. The first kappa shape index (κ1) is 5.85. The van der Waals surface area contributed by atoms with Crippen LogP contribution in [0.5, 0.6) is 0 Å². The van der Waals surface area contributed by atoms with Gasteiger partial charge in [-0.2, -0.15) is 0 Å². The zero-order valence-corrected chi connectivity index (χ0v) is 4.33. The van der Waals surface area contributed by atoms with Crippen LogP contribution in [-0.2, 0) is 30.0 Å². The summed E-state index contributed by atoms with van der Waals surface area (Å²) < 4.78 is -0.824. The van der Waals surface area contributed by atoms with Crippen LogP contribution in [0.25, 0.3) is 0 Å². The molecule has 0 aromatic heterocycles. The molecule has 0 atom stereocenters. The van der Waals surface area contributed by atoms with Crippen molar-refractivity contribution in [2.75, 3.05) is 0 Å². The minimum atomic E-state index is -1.38. The summed E-state index contributed by atoms with van der Waals surface area (Å²) in [7, 11) is 0. The van der Waals surface area contributed by atoms with Crippen LogP contribution in [0.15, 0.2) is 0 Å². The fourth-order valence-corrected chi connectivity index (χ4v) is 0. The SMILES string of the molecule is O=C(O)[C](=O)[Ti]. The van der Waals surface area contributed by atoms with Crippen molar-refractivity contribution < 1.29 is 35.1 Å². The van der Waals surface area contributed by atoms with Crippen molar-refractivity contribution in [3.63, 3.8) is 0 Å². The minimum absolute atomic E-state index is 0.824. The molecule has 0 aromatic carbocycles. The van der Waals surface area contributed by atoms with E-state index in [2.05, 4.69) is 0 Å². The number of carboxylic acids is 1. The molecule has 0 rings (SSSR count). The Bertz CT molecular complexity index is 74.8. The third-order valence-corrected chi connectivity index (χ3v) is 0.528. The molecule has 0 unspecified atom stereocenters. The number of carboxylic acid groups (broad SMARTS) is 1. The fourth-order valence-electron chi connectivity index (χ4n) is 0. The third kappa shape index (κ3) is 2.11. The normalized spacial score (nSPS) is 7.17. The number of carbonyl (C=O) groups excluding carboxylic acids is 1. The van der Waals surface area contributed by atoms with Gasteiger partial charge in [0, 0.05) is 0 Å². The molecule has 0 aliphatic heterocycles. The van der Waals surface area contributed by atoms with Gasteiger partial charge in [-0.15, -0.1) is 0 Å². The van der Waals surface area contributed by atoms with Crippen molar-refractivity contribution >= 4 is 10.1 Å². The number of carbonyl (C=O) groups is 2. The van der Waals surface area contributed by atoms with Crippen LogP contribution in [0.2, 0.25) is 0 Å². The van der Waals surface area contributed by atoms with E-state index in [1.54, 1.807) is 0 Å². The molecule has 1 N–H and O–H groups in total. The molecule has 3 nitrogen and oxygen atoms in total. The van der Waals surface area contributed by atoms with Crippen molar-refractivity contribution in [3.8, 4) is 0 Å². The van der Waals surface area contributed by atoms with Gasteiger partial charge in [-0.25, -0.2) is 0 Å². The van der Waals surface area contributed by atoms with Crippen molar-refractivity contribution in [2.24, 2.45) is 0 Å². The Balaban J connectivity index is 3.57. The zero-order chi connectivity index (χ0) is 5.15. The summed E-state index contributed by atoms with van der Waals surface area (Å²) in [6, 6.07) is 0. The van der Waals surface area contributed by atoms with Gasteiger partial charge in [-0.1, -0.05) is 0 Å². The molecule has 0 aromatic rings. The van der Waals surface area contributed by atoms with E-state index in [1.807, 2.05) is 0 Å². The maximum absolute atomic E-state index is 9.54. The first-order valence-corrected chi connectivity index (χ1v) is 1.91. The van der Waals surface area contributed by atoms with E-state index < -0.39 is 10.1 Å². The summed E-state index contributed by atoms with van der Waals surface area (Å²) in [6.45, 7) is 0. The van der Waals surface area contributed by atoms with Crippen LogP contribution in [0.3, 0.4) is 0 Å². The Hall–Kier alpha value is -0.146. The van der Waals surface area contributed by atoms with E-state index >= 15 is 0 Å². The van der Waals surface area contributed by atoms with Gasteiger partial charge in [-0.05, 0) is 0 Å². The van der Waals surface area contributed by atoms with Crippen LogP contribution < -0.4 is 0 Å². The van der Waals surface area contributed by atoms with Gasteiger partial charge in [0.25, 0.3) is 0 Å². The van der Waals surface area contributed by atoms with E-state index in [4.69, 9.17) is 5.11 Å². The molecular formula is C2HO3Ti. The summed E-state index contributed by atoms with van der Waals surface area (Å²) in [4.78, 5) is 18.9. The number of rotatable bonds is 1. The second-order valence-electron chi connectivity index (χ2n) is 0.634. The molecular weight excluding hydrogens is 120 g/mol. The molecule has 0 amide bonds. The van der Waals surface area contributed by atoms with Crippen LogP contribution in [-0.4, -0.2) is 15.2 Å². The van der Waals surface area contributed by atoms with Gasteiger partial charge in [0.1, 0.15) is 0 Å². The Labute approximate surface area is 45.7 Å². The average Bonchev–Trinajstić information content (AvgIpc) is 1.36. The molecule has 0 aliphatic rings. The second kappa shape index (κ2) is 2.10. The molecule has 0 saturated carbocycles. The van der Waals surface area contributed by atoms with Gasteiger partial charge in [0.2, 0.25) is 0 Å². The van der Waals surface area contributed by atoms with Gasteiger partial charge in [-0.3, -0.25) is 0 Å². The summed E-state index contributed by atoms with van der Waals surface area (Å²) in [5, 5.41) is 7.64. The van der Waals surface area contributed by atoms with E-state index in [0.717, 1.165) is 20.4 Å². The molecule has 0 spiro atoms. The fraction of sp³-hybridized carbons (Fsp3) is 0. The quantitative estimate of drug-likeness (QED) is 0.362. The standard InChI is InChI=1S/C2HO3.Ti/c3-1-2(4)5;/h(H,4,5);. The molecule has 6 heavy (non-hydrogen) atoms. The monoisotopic (exact) mass is 121 g/mol. The molecule has 4 heteroatoms. The number of hydrogen-bond acceptors (Lipinski definition) is 2. The Morgan fingerprint density at radius 3 is 1.67 bits per heavy atom. The van der Waals surface area contributed by atoms with E-state index in [9.17, 15) is 9.59 Å². The van der Waals surface area contributed by atoms with Crippen LogP contribution in [0.4, 0.5) is 0 Å². The summed E-state index contributed by atoms with van der Waals surface area (Å²) >= 11 is 1.00.